The van der Waals surface area contributed by atoms with Crippen molar-refractivity contribution in [3.63, 3.8) is 0 Å². The third-order valence-electron chi connectivity index (χ3n) is 9.78. The predicted octanol–water partition coefficient (Wildman–Crippen LogP) is 4.81. The van der Waals surface area contributed by atoms with Gasteiger partial charge in [0.25, 0.3) is 5.56 Å². The summed E-state index contributed by atoms with van der Waals surface area (Å²) in [4.78, 5) is 50.3. The van der Waals surface area contributed by atoms with Gasteiger partial charge in [-0.1, -0.05) is 43.2 Å². The molecule has 0 bridgehead atoms. The molecule has 6 rings (SSSR count). The lowest BCUT2D eigenvalue weighted by Crippen LogP contribution is -2.64. The van der Waals surface area contributed by atoms with Gasteiger partial charge in [-0.05, 0) is 63.1 Å². The van der Waals surface area contributed by atoms with Crippen LogP contribution in [0.2, 0.25) is 0 Å². The molecule has 3 aromatic rings. The maximum absolute atomic E-state index is 14.3. The highest BCUT2D eigenvalue weighted by molar-refractivity contribution is 5.80. The summed E-state index contributed by atoms with van der Waals surface area (Å²) in [6.45, 7) is 7.65. The second kappa shape index (κ2) is 11.5. The standard InChI is InChI=1S/C34H43N5O5/c1-32(2,3)44-31(42)36-19-20-39(28(22-36)26-9-5-4-6-10-26)30(41)38-18-15-34(43,33(23-38)13-7-8-14-33)24-37-17-12-25-11-16-35-21-27(25)29(37)40/h4-6,9-12,16-17,21,28,43H,7-8,13-15,18-20,22-24H2,1-3H3/t28-,34?/m0/s1. The number of aromatic nitrogens is 2. The van der Waals surface area contributed by atoms with E-state index in [9.17, 15) is 19.5 Å². The van der Waals surface area contributed by atoms with Gasteiger partial charge in [0.2, 0.25) is 0 Å². The number of rotatable bonds is 3. The number of piperazine rings is 1. The molecule has 234 valence electrons. The topological polar surface area (TPSA) is 108 Å². The molecule has 4 heterocycles. The number of benzene rings is 1. The number of carbonyl (C=O) groups excluding carboxylic acids is 2. The molecular weight excluding hydrogens is 558 g/mol. The Balaban J connectivity index is 1.24. The smallest absolute Gasteiger partial charge is 0.410 e. The Bertz CT molecular complexity index is 1580. The first-order valence-corrected chi connectivity index (χ1v) is 15.7. The fourth-order valence-corrected chi connectivity index (χ4v) is 7.44. The molecule has 10 nitrogen and oxygen atoms in total. The van der Waals surface area contributed by atoms with E-state index >= 15 is 0 Å². The second-order valence-electron chi connectivity index (χ2n) is 13.7. The van der Waals surface area contributed by atoms with Crippen LogP contribution < -0.4 is 5.56 Å². The van der Waals surface area contributed by atoms with E-state index in [2.05, 4.69) is 4.98 Å². The fourth-order valence-electron chi connectivity index (χ4n) is 7.44. The van der Waals surface area contributed by atoms with Crippen molar-refractivity contribution < 1.29 is 19.4 Å². The van der Waals surface area contributed by atoms with E-state index in [1.54, 1.807) is 28.1 Å². The minimum atomic E-state index is -1.13. The Hall–Kier alpha value is -3.92. The minimum absolute atomic E-state index is 0.0787. The van der Waals surface area contributed by atoms with Crippen LogP contribution in [0, 0.1) is 5.41 Å². The lowest BCUT2D eigenvalue weighted by molar-refractivity contribution is -0.137. The molecule has 2 aliphatic heterocycles. The van der Waals surface area contributed by atoms with E-state index in [1.165, 1.54) is 0 Å². The Labute approximate surface area is 258 Å². The summed E-state index contributed by atoms with van der Waals surface area (Å²) in [7, 11) is 0. The maximum Gasteiger partial charge on any atom is 0.410 e. The van der Waals surface area contributed by atoms with Gasteiger partial charge in [0.1, 0.15) is 5.60 Å². The van der Waals surface area contributed by atoms with E-state index in [1.807, 2.05) is 73.0 Å². The minimum Gasteiger partial charge on any atom is -0.444 e. The quantitative estimate of drug-likeness (QED) is 0.462. The molecule has 0 radical (unpaired) electrons. The summed E-state index contributed by atoms with van der Waals surface area (Å²) in [6, 6.07) is 13.1. The Morgan fingerprint density at radius 1 is 1.00 bits per heavy atom. The van der Waals surface area contributed by atoms with E-state index < -0.39 is 16.6 Å². The molecule has 10 heteroatoms. The van der Waals surface area contributed by atoms with Crippen molar-refractivity contribution in [2.45, 2.75) is 76.7 Å². The fraction of sp³-hybridized carbons (Fsp3) is 0.529. The highest BCUT2D eigenvalue weighted by Gasteiger charge is 2.56. The van der Waals surface area contributed by atoms with Gasteiger partial charge in [0, 0.05) is 56.7 Å². The summed E-state index contributed by atoms with van der Waals surface area (Å²) in [5.74, 6) is 0. The number of urea groups is 1. The monoisotopic (exact) mass is 601 g/mol. The molecule has 2 aromatic heterocycles. The number of hydrogen-bond acceptors (Lipinski definition) is 6. The number of amides is 3. The summed E-state index contributed by atoms with van der Waals surface area (Å²) in [5, 5.41) is 13.7. The van der Waals surface area contributed by atoms with Gasteiger partial charge in [0.05, 0.1) is 23.6 Å². The molecule has 3 amide bonds. The van der Waals surface area contributed by atoms with Gasteiger partial charge >= 0.3 is 12.1 Å². The van der Waals surface area contributed by atoms with Gasteiger partial charge in [-0.2, -0.15) is 0 Å². The normalized spacial score (nSPS) is 23.7. The first-order chi connectivity index (χ1) is 21.0. The number of ether oxygens (including phenoxy) is 1. The van der Waals surface area contributed by atoms with Crippen LogP contribution in [0.4, 0.5) is 9.59 Å². The van der Waals surface area contributed by atoms with Crippen molar-refractivity contribution in [2.75, 3.05) is 32.7 Å². The van der Waals surface area contributed by atoms with Crippen LogP contribution in [-0.2, 0) is 11.3 Å². The van der Waals surface area contributed by atoms with Gasteiger partial charge in [-0.15, -0.1) is 0 Å². The third-order valence-corrected chi connectivity index (χ3v) is 9.78. The van der Waals surface area contributed by atoms with E-state index in [4.69, 9.17) is 4.74 Å². The van der Waals surface area contributed by atoms with E-state index in [0.717, 1.165) is 36.6 Å². The van der Waals surface area contributed by atoms with Crippen molar-refractivity contribution in [1.29, 1.82) is 0 Å². The maximum atomic E-state index is 14.3. The highest BCUT2D eigenvalue weighted by Crippen LogP contribution is 2.52. The lowest BCUT2D eigenvalue weighted by Gasteiger charge is -2.53. The van der Waals surface area contributed by atoms with Crippen molar-refractivity contribution in [3.8, 4) is 0 Å². The van der Waals surface area contributed by atoms with Gasteiger partial charge in [-0.3, -0.25) is 9.78 Å². The molecule has 1 N–H and O–H groups in total. The number of piperidine rings is 1. The van der Waals surface area contributed by atoms with Crippen LogP contribution in [0.5, 0.6) is 0 Å². The zero-order chi connectivity index (χ0) is 31.1. The van der Waals surface area contributed by atoms with Gasteiger partial charge in [-0.25, -0.2) is 9.59 Å². The zero-order valence-electron chi connectivity index (χ0n) is 25.9. The number of pyridine rings is 2. The molecule has 1 aliphatic carbocycles. The molecular formula is C34H43N5O5. The molecule has 1 unspecified atom stereocenters. The summed E-state index contributed by atoms with van der Waals surface area (Å²) >= 11 is 0. The predicted molar refractivity (Wildman–Crippen MR) is 167 cm³/mol. The molecule has 2 atom stereocenters. The highest BCUT2D eigenvalue weighted by atomic mass is 16.6. The molecule has 1 saturated carbocycles. The first kappa shape index (κ1) is 30.1. The van der Waals surface area contributed by atoms with Crippen molar-refractivity contribution in [2.24, 2.45) is 5.41 Å². The number of likely N-dealkylation sites (tertiary alicyclic amines) is 1. The van der Waals surface area contributed by atoms with Crippen LogP contribution in [0.15, 0.2) is 65.8 Å². The van der Waals surface area contributed by atoms with Crippen LogP contribution in [-0.4, -0.2) is 85.4 Å². The van der Waals surface area contributed by atoms with Crippen LogP contribution in [0.25, 0.3) is 10.8 Å². The van der Waals surface area contributed by atoms with Gasteiger partial charge in [0.15, 0.2) is 0 Å². The third kappa shape index (κ3) is 5.67. The SMILES string of the molecule is CC(C)(C)OC(=O)N1CCN(C(=O)N2CCC(O)(Cn3ccc4ccncc4c3=O)C3(CCCC3)C2)[C@H](c2ccccc2)C1. The first-order valence-electron chi connectivity index (χ1n) is 15.7. The molecule has 1 spiro atoms. The van der Waals surface area contributed by atoms with Crippen molar-refractivity contribution in [1.82, 2.24) is 24.3 Å². The van der Waals surface area contributed by atoms with Crippen LogP contribution in [0.1, 0.15) is 64.5 Å². The lowest BCUT2D eigenvalue weighted by atomic mass is 9.66. The summed E-state index contributed by atoms with van der Waals surface area (Å²) < 4.78 is 7.27. The summed E-state index contributed by atoms with van der Waals surface area (Å²) in [5.41, 5.74) is -1.45. The van der Waals surface area contributed by atoms with Gasteiger partial charge < -0.3 is 29.1 Å². The molecule has 44 heavy (non-hydrogen) atoms. The van der Waals surface area contributed by atoms with Crippen LogP contribution >= 0.6 is 0 Å². The molecule has 3 fully saturated rings. The number of hydrogen-bond donors (Lipinski definition) is 1. The largest absolute Gasteiger partial charge is 0.444 e. The number of fused-ring (bicyclic) bond motifs is 1. The van der Waals surface area contributed by atoms with E-state index in [0.29, 0.717) is 44.5 Å². The molecule has 3 aliphatic rings. The number of aliphatic hydroxyl groups is 1. The Morgan fingerprint density at radius 3 is 2.48 bits per heavy atom. The van der Waals surface area contributed by atoms with Crippen molar-refractivity contribution >= 4 is 22.9 Å². The van der Waals surface area contributed by atoms with E-state index in [-0.39, 0.29) is 30.3 Å². The summed E-state index contributed by atoms with van der Waals surface area (Å²) in [6.07, 6.45) is 8.55. The number of carbonyl (C=O) groups is 2. The molecule has 1 aromatic carbocycles. The Kier molecular flexibility index (Phi) is 7.90. The average molecular weight is 602 g/mol. The Morgan fingerprint density at radius 2 is 1.75 bits per heavy atom. The number of nitrogens with zero attached hydrogens (tertiary/aromatic N) is 5. The van der Waals surface area contributed by atoms with Crippen molar-refractivity contribution in [3.05, 3.63) is 77.0 Å². The zero-order valence-corrected chi connectivity index (χ0v) is 25.9. The van der Waals surface area contributed by atoms with Crippen LogP contribution in [0.3, 0.4) is 0 Å². The molecule has 2 saturated heterocycles. The second-order valence-corrected chi connectivity index (χ2v) is 13.7. The average Bonchev–Trinajstić information content (AvgIpc) is 3.49.